The highest BCUT2D eigenvalue weighted by atomic mass is 35.5. The van der Waals surface area contributed by atoms with E-state index in [0.29, 0.717) is 16.3 Å². The van der Waals surface area contributed by atoms with Crippen LogP contribution in [-0.4, -0.2) is 51.9 Å². The van der Waals surface area contributed by atoms with Crippen LogP contribution >= 0.6 is 11.6 Å². The van der Waals surface area contributed by atoms with Gasteiger partial charge in [0.2, 0.25) is 11.8 Å². The van der Waals surface area contributed by atoms with Crippen molar-refractivity contribution < 1.29 is 27.1 Å². The minimum Gasteiger partial charge on any atom is -0.497 e. The first-order chi connectivity index (χ1) is 18.1. The zero-order valence-corrected chi connectivity index (χ0v) is 22.8. The Kier molecular flexibility index (Phi) is 9.71. The van der Waals surface area contributed by atoms with Crippen molar-refractivity contribution in [2.45, 2.75) is 30.8 Å². The van der Waals surface area contributed by atoms with E-state index in [2.05, 4.69) is 5.32 Å². The molecule has 1 N–H and O–H groups in total. The predicted molar refractivity (Wildman–Crippen MR) is 144 cm³/mol. The Morgan fingerprint density at radius 3 is 2.21 bits per heavy atom. The Balaban J connectivity index is 2.06. The van der Waals surface area contributed by atoms with Crippen LogP contribution in [0.3, 0.4) is 0 Å². The molecule has 2 amide bonds. The average Bonchev–Trinajstić information content (AvgIpc) is 2.92. The maximum Gasteiger partial charge on any atom is 0.264 e. The van der Waals surface area contributed by atoms with Gasteiger partial charge in [0, 0.05) is 18.6 Å². The van der Waals surface area contributed by atoms with E-state index < -0.39 is 40.2 Å². The van der Waals surface area contributed by atoms with Gasteiger partial charge in [-0.2, -0.15) is 0 Å². The molecule has 0 aliphatic heterocycles. The van der Waals surface area contributed by atoms with Gasteiger partial charge in [-0.05, 0) is 66.6 Å². The van der Waals surface area contributed by atoms with Crippen molar-refractivity contribution in [1.82, 2.24) is 10.2 Å². The summed E-state index contributed by atoms with van der Waals surface area (Å²) < 4.78 is 47.2. The predicted octanol–water partition coefficient (Wildman–Crippen LogP) is 4.24. The molecule has 0 radical (unpaired) electrons. The first-order valence-corrected chi connectivity index (χ1v) is 13.6. The maximum atomic E-state index is 13.8. The normalized spacial score (nSPS) is 11.9. The summed E-state index contributed by atoms with van der Waals surface area (Å²) in [6.07, 6.45) is 0.275. The fraction of sp³-hybridized carbons (Fsp3) is 0.259. The Hall–Kier alpha value is -3.63. The number of sulfonamides is 1. The third-order valence-corrected chi connectivity index (χ3v) is 8.13. The minimum absolute atomic E-state index is 0.0235. The van der Waals surface area contributed by atoms with E-state index in [1.54, 1.807) is 31.2 Å². The summed E-state index contributed by atoms with van der Waals surface area (Å²) in [4.78, 5) is 27.7. The molecule has 0 bridgehead atoms. The molecule has 0 fully saturated rings. The molecule has 0 aromatic heterocycles. The lowest BCUT2D eigenvalue weighted by molar-refractivity contribution is -0.140. The van der Waals surface area contributed by atoms with E-state index in [4.69, 9.17) is 16.3 Å². The van der Waals surface area contributed by atoms with E-state index in [1.807, 2.05) is 0 Å². The molecule has 11 heteroatoms. The number of methoxy groups -OCH3 is 1. The number of halogens is 2. The van der Waals surface area contributed by atoms with Crippen LogP contribution in [-0.2, 0) is 26.2 Å². The Morgan fingerprint density at radius 1 is 1.03 bits per heavy atom. The zero-order valence-electron chi connectivity index (χ0n) is 21.2. The van der Waals surface area contributed by atoms with Crippen molar-refractivity contribution in [3.63, 3.8) is 0 Å². The molecule has 0 spiro atoms. The number of carbonyl (C=O) groups excluding carboxylic acids is 2. The van der Waals surface area contributed by atoms with E-state index in [0.717, 1.165) is 16.4 Å². The second kappa shape index (κ2) is 12.7. The minimum atomic E-state index is -4.28. The topological polar surface area (TPSA) is 96.0 Å². The molecule has 8 nitrogen and oxygen atoms in total. The van der Waals surface area contributed by atoms with Gasteiger partial charge in [-0.1, -0.05) is 36.7 Å². The van der Waals surface area contributed by atoms with E-state index >= 15 is 0 Å². The van der Waals surface area contributed by atoms with Crippen molar-refractivity contribution in [3.8, 4) is 5.75 Å². The van der Waals surface area contributed by atoms with Crippen LogP contribution in [0.25, 0.3) is 0 Å². The van der Waals surface area contributed by atoms with Gasteiger partial charge >= 0.3 is 0 Å². The molecule has 202 valence electrons. The van der Waals surface area contributed by atoms with Gasteiger partial charge in [-0.15, -0.1) is 0 Å². The van der Waals surface area contributed by atoms with Crippen molar-refractivity contribution in [2.24, 2.45) is 0 Å². The molecule has 1 atom stereocenters. The third kappa shape index (κ3) is 6.62. The number of likely N-dealkylation sites (N-methyl/N-ethyl adjacent to an activating group) is 1. The van der Waals surface area contributed by atoms with E-state index in [1.165, 1.54) is 55.5 Å². The number of hydrogen-bond donors (Lipinski definition) is 1. The number of ether oxygens (including phenoxy) is 1. The van der Waals surface area contributed by atoms with Crippen LogP contribution in [0.1, 0.15) is 18.9 Å². The SMILES string of the molecule is CC[C@@H](C(=O)NC)N(Cc1ccccc1Cl)C(=O)CN(c1ccc(F)cc1)S(=O)(=O)c1ccc(OC)cc1. The van der Waals surface area contributed by atoms with Gasteiger partial charge in [-0.25, -0.2) is 12.8 Å². The molecule has 0 unspecified atom stereocenters. The first kappa shape index (κ1) is 28.9. The van der Waals surface area contributed by atoms with Crippen molar-refractivity contribution in [2.75, 3.05) is 25.0 Å². The summed E-state index contributed by atoms with van der Waals surface area (Å²) in [5.41, 5.74) is 0.678. The smallest absolute Gasteiger partial charge is 0.264 e. The molecule has 3 aromatic rings. The molecule has 0 saturated carbocycles. The lowest BCUT2D eigenvalue weighted by atomic mass is 10.1. The second-order valence-corrected chi connectivity index (χ2v) is 10.6. The highest BCUT2D eigenvalue weighted by Gasteiger charge is 2.33. The van der Waals surface area contributed by atoms with Crippen LogP contribution in [0.15, 0.2) is 77.7 Å². The largest absolute Gasteiger partial charge is 0.497 e. The molecule has 3 rings (SSSR count). The van der Waals surface area contributed by atoms with Crippen LogP contribution in [0.4, 0.5) is 10.1 Å². The van der Waals surface area contributed by atoms with E-state index in [9.17, 15) is 22.4 Å². The fourth-order valence-electron chi connectivity index (χ4n) is 3.91. The van der Waals surface area contributed by atoms with Gasteiger partial charge in [-0.3, -0.25) is 13.9 Å². The van der Waals surface area contributed by atoms with Crippen molar-refractivity contribution in [1.29, 1.82) is 0 Å². The number of rotatable bonds is 11. The number of nitrogens with one attached hydrogen (secondary N) is 1. The highest BCUT2D eigenvalue weighted by Crippen LogP contribution is 2.27. The van der Waals surface area contributed by atoms with Crippen LogP contribution in [0, 0.1) is 5.82 Å². The quantitative estimate of drug-likeness (QED) is 0.378. The number of carbonyl (C=O) groups is 2. The molecule has 3 aromatic carbocycles. The molecular formula is C27H29ClFN3O5S. The zero-order chi connectivity index (χ0) is 27.9. The van der Waals surface area contributed by atoms with Gasteiger partial charge in [0.15, 0.2) is 0 Å². The summed E-state index contributed by atoms with van der Waals surface area (Å²) >= 11 is 6.34. The van der Waals surface area contributed by atoms with Crippen LogP contribution < -0.4 is 14.4 Å². The van der Waals surface area contributed by atoms with Gasteiger partial charge in [0.05, 0.1) is 17.7 Å². The lowest BCUT2D eigenvalue weighted by Gasteiger charge is -2.33. The van der Waals surface area contributed by atoms with Crippen LogP contribution in [0.2, 0.25) is 5.02 Å². The lowest BCUT2D eigenvalue weighted by Crippen LogP contribution is -2.51. The first-order valence-electron chi connectivity index (χ1n) is 11.8. The van der Waals surface area contributed by atoms with Gasteiger partial charge in [0.1, 0.15) is 24.2 Å². The summed E-state index contributed by atoms with van der Waals surface area (Å²) in [6, 6.07) is 16.5. The molecule has 0 aliphatic carbocycles. The Bertz CT molecular complexity index is 1370. The summed E-state index contributed by atoms with van der Waals surface area (Å²) in [7, 11) is -1.36. The number of benzene rings is 3. The summed E-state index contributed by atoms with van der Waals surface area (Å²) in [5, 5.41) is 2.96. The number of amides is 2. The number of hydrogen-bond acceptors (Lipinski definition) is 5. The standard InChI is InChI=1S/C27H29ClFN3O5S/c1-4-25(27(34)30-2)31(17-19-7-5-6-8-24(19)28)26(33)18-32(21-11-9-20(29)10-12-21)38(35,36)23-15-13-22(37-3)14-16-23/h5-16,25H,4,17-18H2,1-3H3,(H,30,34)/t25-/m0/s1. The van der Waals surface area contributed by atoms with Crippen LogP contribution in [0.5, 0.6) is 5.75 Å². The van der Waals surface area contributed by atoms with Gasteiger partial charge in [0.25, 0.3) is 10.0 Å². The molecule has 38 heavy (non-hydrogen) atoms. The maximum absolute atomic E-state index is 13.8. The Morgan fingerprint density at radius 2 is 1.66 bits per heavy atom. The van der Waals surface area contributed by atoms with Crippen molar-refractivity contribution in [3.05, 3.63) is 89.2 Å². The van der Waals surface area contributed by atoms with Gasteiger partial charge < -0.3 is 15.0 Å². The number of anilines is 1. The average molecular weight is 562 g/mol. The molecule has 0 aliphatic rings. The molecular weight excluding hydrogens is 533 g/mol. The Labute approximate surface area is 227 Å². The summed E-state index contributed by atoms with van der Waals surface area (Å²) in [6.45, 7) is 1.08. The molecule has 0 heterocycles. The van der Waals surface area contributed by atoms with Crippen molar-refractivity contribution >= 4 is 39.1 Å². The number of nitrogens with zero attached hydrogens (tertiary/aromatic N) is 2. The summed E-state index contributed by atoms with van der Waals surface area (Å²) in [5.74, 6) is -1.15. The van der Waals surface area contributed by atoms with E-state index in [-0.39, 0.29) is 23.5 Å². The third-order valence-electron chi connectivity index (χ3n) is 5.97. The fourth-order valence-corrected chi connectivity index (χ4v) is 5.52. The molecule has 0 saturated heterocycles. The highest BCUT2D eigenvalue weighted by molar-refractivity contribution is 7.92. The monoisotopic (exact) mass is 561 g/mol. The second-order valence-electron chi connectivity index (χ2n) is 8.31.